The van der Waals surface area contributed by atoms with Crippen molar-refractivity contribution in [3.63, 3.8) is 0 Å². The van der Waals surface area contributed by atoms with Crippen LogP contribution in [0.5, 0.6) is 0 Å². The van der Waals surface area contributed by atoms with Gasteiger partial charge in [0, 0.05) is 18.2 Å². The molecule has 1 fully saturated rings. The summed E-state index contributed by atoms with van der Waals surface area (Å²) in [7, 11) is 0. The quantitative estimate of drug-likeness (QED) is 0.518. The topological polar surface area (TPSA) is 125 Å². The molecule has 9 nitrogen and oxygen atoms in total. The van der Waals surface area contributed by atoms with Crippen molar-refractivity contribution in [2.45, 2.75) is 50.7 Å². The van der Waals surface area contributed by atoms with E-state index < -0.39 is 41.8 Å². The number of nitrogens with zero attached hydrogens (tertiary/aromatic N) is 2. The molecule has 1 unspecified atom stereocenters. The zero-order chi connectivity index (χ0) is 24.7. The van der Waals surface area contributed by atoms with Crippen LogP contribution in [0.1, 0.15) is 53.4 Å². The molecule has 3 N–H and O–H groups in total. The van der Waals surface area contributed by atoms with Gasteiger partial charge in [0.2, 0.25) is 0 Å². The highest BCUT2D eigenvalue weighted by Gasteiger charge is 2.41. The Kier molecular flexibility index (Phi) is 6.04. The van der Waals surface area contributed by atoms with E-state index in [0.29, 0.717) is 12.0 Å². The van der Waals surface area contributed by atoms with E-state index in [4.69, 9.17) is 4.74 Å². The first-order valence-electron chi connectivity index (χ1n) is 11.7. The number of carboxylic acid groups (broad SMARTS) is 1. The number of H-pyrrole nitrogens is 1. The molecular weight excluding hydrogens is 450 g/mol. The molecule has 1 aromatic heterocycles. The Labute approximate surface area is 201 Å². The summed E-state index contributed by atoms with van der Waals surface area (Å²) >= 11 is 0. The van der Waals surface area contributed by atoms with Gasteiger partial charge in [0.05, 0.1) is 18.7 Å². The summed E-state index contributed by atoms with van der Waals surface area (Å²) < 4.78 is 7.28. The highest BCUT2D eigenvalue weighted by Crippen LogP contribution is 2.40. The van der Waals surface area contributed by atoms with Gasteiger partial charge in [-0.3, -0.25) is 19.2 Å². The smallest absolute Gasteiger partial charge is 0.408 e. The first kappa shape index (κ1) is 23.1. The number of aryl methyl sites for hydroxylation is 1. The molecule has 0 radical (unpaired) electrons. The summed E-state index contributed by atoms with van der Waals surface area (Å²) in [6, 6.07) is 15.0. The van der Waals surface area contributed by atoms with Gasteiger partial charge in [0.1, 0.15) is 12.3 Å². The maximum atomic E-state index is 12.5. The third kappa shape index (κ3) is 4.17. The van der Waals surface area contributed by atoms with E-state index in [2.05, 4.69) is 4.98 Å². The summed E-state index contributed by atoms with van der Waals surface area (Å²) in [6.07, 6.45) is -1.08. The molecule has 9 heteroatoms. The van der Waals surface area contributed by atoms with Gasteiger partial charge in [-0.1, -0.05) is 55.5 Å². The van der Waals surface area contributed by atoms with Crippen molar-refractivity contribution in [2.24, 2.45) is 0 Å². The lowest BCUT2D eigenvalue weighted by atomic mass is 9.81. The number of benzene rings is 2. The number of nitrogens with one attached hydrogen (secondary N) is 1. The fourth-order valence-corrected chi connectivity index (χ4v) is 5.16. The van der Waals surface area contributed by atoms with E-state index in [1.807, 2.05) is 48.5 Å². The number of aliphatic hydroxyl groups excluding tert-OH is 1. The molecule has 0 bridgehead atoms. The van der Waals surface area contributed by atoms with E-state index in [-0.39, 0.29) is 13.0 Å². The minimum Gasteiger partial charge on any atom is -0.465 e. The van der Waals surface area contributed by atoms with Crippen LogP contribution in [0.15, 0.2) is 64.3 Å². The molecule has 1 aliphatic heterocycles. The Morgan fingerprint density at radius 2 is 1.74 bits per heavy atom. The molecule has 182 valence electrons. The van der Waals surface area contributed by atoms with Crippen molar-refractivity contribution in [2.75, 3.05) is 6.54 Å². The summed E-state index contributed by atoms with van der Waals surface area (Å²) in [5.74, 6) is 0. The number of hydrogen-bond acceptors (Lipinski definition) is 5. The monoisotopic (exact) mass is 477 g/mol. The largest absolute Gasteiger partial charge is 0.465 e. The van der Waals surface area contributed by atoms with E-state index >= 15 is 0 Å². The summed E-state index contributed by atoms with van der Waals surface area (Å²) in [5.41, 5.74) is 3.27. The lowest BCUT2D eigenvalue weighted by molar-refractivity contribution is -0.0372. The Morgan fingerprint density at radius 1 is 1.11 bits per heavy atom. The zero-order valence-corrected chi connectivity index (χ0v) is 19.3. The molecule has 1 saturated heterocycles. The van der Waals surface area contributed by atoms with Crippen LogP contribution in [0.25, 0.3) is 0 Å². The Balaban J connectivity index is 1.46. The van der Waals surface area contributed by atoms with Gasteiger partial charge in [-0.05, 0) is 35.1 Å². The number of rotatable bonds is 5. The van der Waals surface area contributed by atoms with Crippen molar-refractivity contribution < 1.29 is 19.7 Å². The van der Waals surface area contributed by atoms with Crippen LogP contribution in [-0.4, -0.2) is 49.5 Å². The van der Waals surface area contributed by atoms with Crippen molar-refractivity contribution in [1.82, 2.24) is 14.5 Å². The minimum atomic E-state index is -1.13. The fraction of sp³-hybridized carbons (Fsp3) is 0.346. The molecule has 1 amide bonds. The predicted molar refractivity (Wildman–Crippen MR) is 127 cm³/mol. The number of hydrogen-bond donors (Lipinski definition) is 3. The van der Waals surface area contributed by atoms with Gasteiger partial charge in [0.25, 0.3) is 5.56 Å². The van der Waals surface area contributed by atoms with E-state index in [1.165, 1.54) is 15.7 Å². The Bertz CT molecular complexity index is 1330. The molecular formula is C26H27N3O6. The van der Waals surface area contributed by atoms with Crippen LogP contribution in [0.3, 0.4) is 0 Å². The average Bonchev–Trinajstić information content (AvgIpc) is 3.21. The normalized spacial score (nSPS) is 21.4. The number of ether oxygens (including phenoxy) is 1. The predicted octanol–water partition coefficient (Wildman–Crippen LogP) is 2.42. The molecule has 3 atom stereocenters. The molecule has 2 aromatic carbocycles. The van der Waals surface area contributed by atoms with Crippen LogP contribution < -0.4 is 11.2 Å². The van der Waals surface area contributed by atoms with Crippen LogP contribution in [0.4, 0.5) is 4.79 Å². The standard InChI is InChI=1S/C26H27N3O6/c1-2-15-13-28(25(32)27-24(15)31)22-12-20(30)21(35-22)14-29(26(33)34)23-18-9-5-3-7-16(18)11-17-8-4-6-10-19(17)23/h3-10,13,20-23,30H,2,11-12,14H2,1H3,(H,33,34)(H,27,31,32)/t20?,21-,22-/m0/s1. The number of aromatic nitrogens is 2. The summed E-state index contributed by atoms with van der Waals surface area (Å²) in [6.45, 7) is 1.72. The second-order valence-corrected chi connectivity index (χ2v) is 9.02. The molecule has 0 saturated carbocycles. The number of aliphatic hydroxyl groups is 1. The molecule has 2 aliphatic rings. The Hall–Kier alpha value is -3.69. The van der Waals surface area contributed by atoms with Gasteiger partial charge in [-0.2, -0.15) is 0 Å². The lowest BCUT2D eigenvalue weighted by Crippen LogP contribution is -2.44. The van der Waals surface area contributed by atoms with Crippen molar-refractivity contribution in [3.8, 4) is 0 Å². The SMILES string of the molecule is CCc1cn([C@@H]2CC(O)[C@H](CN(C(=O)O)C3c4ccccc4Cc4ccccc43)O2)c(=O)[nH]c1=O. The van der Waals surface area contributed by atoms with Crippen LogP contribution in [0, 0.1) is 0 Å². The number of aromatic amines is 1. The fourth-order valence-electron chi connectivity index (χ4n) is 5.16. The van der Waals surface area contributed by atoms with Crippen molar-refractivity contribution in [1.29, 1.82) is 0 Å². The number of fused-ring (bicyclic) bond motifs is 2. The van der Waals surface area contributed by atoms with Crippen molar-refractivity contribution >= 4 is 6.09 Å². The zero-order valence-electron chi connectivity index (χ0n) is 19.3. The van der Waals surface area contributed by atoms with Gasteiger partial charge < -0.3 is 14.9 Å². The van der Waals surface area contributed by atoms with Crippen molar-refractivity contribution in [3.05, 3.63) is 103 Å². The van der Waals surface area contributed by atoms with E-state index in [9.17, 15) is 24.6 Å². The molecule has 0 spiro atoms. The van der Waals surface area contributed by atoms with Crippen LogP contribution in [0.2, 0.25) is 0 Å². The number of carbonyl (C=O) groups is 1. The third-order valence-corrected chi connectivity index (χ3v) is 6.95. The maximum Gasteiger partial charge on any atom is 0.408 e. The summed E-state index contributed by atoms with van der Waals surface area (Å²) in [5, 5.41) is 21.0. The highest BCUT2D eigenvalue weighted by atomic mass is 16.5. The van der Waals surface area contributed by atoms with E-state index in [1.54, 1.807) is 6.92 Å². The Morgan fingerprint density at radius 3 is 2.34 bits per heavy atom. The van der Waals surface area contributed by atoms with Crippen LogP contribution in [-0.2, 0) is 17.6 Å². The second kappa shape index (κ2) is 9.16. The second-order valence-electron chi connectivity index (χ2n) is 9.02. The third-order valence-electron chi connectivity index (χ3n) is 6.95. The minimum absolute atomic E-state index is 0.0843. The van der Waals surface area contributed by atoms with Gasteiger partial charge in [0.15, 0.2) is 0 Å². The van der Waals surface area contributed by atoms with Gasteiger partial charge in [-0.15, -0.1) is 0 Å². The molecule has 35 heavy (non-hydrogen) atoms. The van der Waals surface area contributed by atoms with E-state index in [0.717, 1.165) is 28.7 Å². The lowest BCUT2D eigenvalue weighted by Gasteiger charge is -2.37. The molecule has 1 aliphatic carbocycles. The highest BCUT2D eigenvalue weighted by molar-refractivity contribution is 5.68. The first-order chi connectivity index (χ1) is 16.9. The maximum absolute atomic E-state index is 12.5. The molecule has 3 aromatic rings. The number of amides is 1. The molecule has 2 heterocycles. The molecule has 5 rings (SSSR count). The first-order valence-corrected chi connectivity index (χ1v) is 11.7. The van der Waals surface area contributed by atoms with Gasteiger partial charge >= 0.3 is 11.8 Å². The van der Waals surface area contributed by atoms with Crippen LogP contribution >= 0.6 is 0 Å². The average molecular weight is 478 g/mol. The summed E-state index contributed by atoms with van der Waals surface area (Å²) in [4.78, 5) is 40.5. The van der Waals surface area contributed by atoms with Gasteiger partial charge in [-0.25, -0.2) is 9.59 Å².